The topological polar surface area (TPSA) is 105 Å². The van der Waals surface area contributed by atoms with Crippen LogP contribution in [0.4, 0.5) is 33.2 Å². The van der Waals surface area contributed by atoms with Gasteiger partial charge in [-0.15, -0.1) is 0 Å². The van der Waals surface area contributed by atoms with Gasteiger partial charge < -0.3 is 11.1 Å². The van der Waals surface area contributed by atoms with Crippen LogP contribution in [0.3, 0.4) is 0 Å². The van der Waals surface area contributed by atoms with E-state index < -0.39 is 10.0 Å². The van der Waals surface area contributed by atoms with E-state index in [1.807, 2.05) is 30.3 Å². The first-order chi connectivity index (χ1) is 13.3. The fraction of sp³-hybridized carbons (Fsp3) is 0.0500. The fourth-order valence-corrected chi connectivity index (χ4v) is 3.16. The zero-order chi connectivity index (χ0) is 20.1. The molecule has 0 spiro atoms. The molecule has 0 atom stereocenters. The Hall–Kier alpha value is -3.52. The van der Waals surface area contributed by atoms with Gasteiger partial charge in [0, 0.05) is 17.1 Å². The number of hydrogen-bond acceptors (Lipinski definition) is 4. The van der Waals surface area contributed by atoms with Gasteiger partial charge in [0.05, 0.1) is 17.6 Å². The second-order valence-electron chi connectivity index (χ2n) is 6.14. The van der Waals surface area contributed by atoms with Crippen LogP contribution in [0.2, 0.25) is 0 Å². The van der Waals surface area contributed by atoms with Gasteiger partial charge in [0.15, 0.2) is 0 Å². The van der Waals surface area contributed by atoms with Crippen molar-refractivity contribution in [2.75, 3.05) is 26.9 Å². The summed E-state index contributed by atoms with van der Waals surface area (Å²) in [6.45, 7) is 0. The number of benzene rings is 3. The van der Waals surface area contributed by atoms with Crippen molar-refractivity contribution < 1.29 is 13.2 Å². The summed E-state index contributed by atoms with van der Waals surface area (Å²) in [6, 6.07) is 22.2. The Labute approximate surface area is 163 Å². The Morgan fingerprint density at radius 3 is 1.93 bits per heavy atom. The van der Waals surface area contributed by atoms with Gasteiger partial charge in [-0.2, -0.15) is 0 Å². The second-order valence-corrected chi connectivity index (χ2v) is 7.89. The Balaban J connectivity index is 1.85. The maximum atomic E-state index is 13.0. The summed E-state index contributed by atoms with van der Waals surface area (Å²) in [4.78, 5) is 14.5. The molecule has 0 saturated carbocycles. The molecule has 0 aliphatic rings. The molecule has 7 nitrogen and oxygen atoms in total. The van der Waals surface area contributed by atoms with Crippen molar-refractivity contribution in [3.8, 4) is 0 Å². The van der Waals surface area contributed by atoms with E-state index in [4.69, 9.17) is 5.73 Å². The Bertz CT molecular complexity index is 1050. The summed E-state index contributed by atoms with van der Waals surface area (Å²) in [6.07, 6.45) is 1.08. The zero-order valence-corrected chi connectivity index (χ0v) is 16.0. The van der Waals surface area contributed by atoms with Crippen LogP contribution in [0, 0.1) is 0 Å². The first kappa shape index (κ1) is 19.2. The molecule has 0 saturated heterocycles. The van der Waals surface area contributed by atoms with Gasteiger partial charge >= 0.3 is 6.03 Å². The smallest absolute Gasteiger partial charge is 0.330 e. The lowest BCUT2D eigenvalue weighted by Crippen LogP contribution is -2.30. The van der Waals surface area contributed by atoms with Crippen molar-refractivity contribution in [3.05, 3.63) is 78.9 Å². The van der Waals surface area contributed by atoms with Gasteiger partial charge in [-0.05, 0) is 60.7 Å². The second kappa shape index (κ2) is 8.01. The fourth-order valence-electron chi connectivity index (χ4n) is 2.60. The van der Waals surface area contributed by atoms with Crippen LogP contribution in [0.1, 0.15) is 0 Å². The molecule has 8 heteroatoms. The first-order valence-electron chi connectivity index (χ1n) is 8.41. The number of sulfonamides is 1. The van der Waals surface area contributed by atoms with Gasteiger partial charge in [-0.25, -0.2) is 13.2 Å². The molecule has 0 heterocycles. The molecule has 0 unspecified atom stereocenters. The van der Waals surface area contributed by atoms with Crippen molar-refractivity contribution in [1.82, 2.24) is 0 Å². The molecule has 4 N–H and O–H groups in total. The maximum absolute atomic E-state index is 13.0. The van der Waals surface area contributed by atoms with Crippen molar-refractivity contribution >= 4 is 44.5 Å². The van der Waals surface area contributed by atoms with E-state index in [1.54, 1.807) is 48.5 Å². The molecule has 3 aromatic carbocycles. The molecule has 2 amide bonds. The summed E-state index contributed by atoms with van der Waals surface area (Å²) in [5.74, 6) is 0. The Kier molecular flexibility index (Phi) is 5.51. The molecule has 0 aliphatic carbocycles. The van der Waals surface area contributed by atoms with Gasteiger partial charge in [0.25, 0.3) is 0 Å². The van der Waals surface area contributed by atoms with Crippen LogP contribution < -0.4 is 20.7 Å². The van der Waals surface area contributed by atoms with E-state index in [2.05, 4.69) is 10.0 Å². The number of anilines is 5. The van der Waals surface area contributed by atoms with Crippen molar-refractivity contribution in [3.63, 3.8) is 0 Å². The van der Waals surface area contributed by atoms with Crippen LogP contribution in [-0.2, 0) is 10.0 Å². The number of nitrogens with two attached hydrogens (primary N) is 1. The predicted molar refractivity (Wildman–Crippen MR) is 113 cm³/mol. The highest BCUT2D eigenvalue weighted by Gasteiger charge is 2.18. The zero-order valence-electron chi connectivity index (χ0n) is 15.2. The number of hydrogen-bond donors (Lipinski definition) is 3. The first-order valence-corrected chi connectivity index (χ1v) is 10.3. The van der Waals surface area contributed by atoms with E-state index in [0.717, 1.165) is 6.26 Å². The number of rotatable bonds is 5. The lowest BCUT2D eigenvalue weighted by molar-refractivity contribution is 0.259. The third-order valence-electron chi connectivity index (χ3n) is 3.81. The van der Waals surface area contributed by atoms with E-state index in [9.17, 15) is 13.2 Å². The van der Waals surface area contributed by atoms with Gasteiger partial charge in [0.1, 0.15) is 0 Å². The predicted octanol–water partition coefficient (Wildman–Crippen LogP) is 4.01. The molecule has 28 heavy (non-hydrogen) atoms. The minimum atomic E-state index is -3.36. The molecule has 0 radical (unpaired) electrons. The van der Waals surface area contributed by atoms with Crippen LogP contribution in [-0.4, -0.2) is 20.7 Å². The third kappa shape index (κ3) is 5.01. The van der Waals surface area contributed by atoms with Crippen molar-refractivity contribution in [2.24, 2.45) is 0 Å². The van der Waals surface area contributed by atoms with Gasteiger partial charge in [0.2, 0.25) is 10.0 Å². The third-order valence-corrected chi connectivity index (χ3v) is 4.41. The number of carbonyl (C=O) groups excluding carboxylic acids is 1. The monoisotopic (exact) mass is 396 g/mol. The lowest BCUT2D eigenvalue weighted by Gasteiger charge is -2.23. The van der Waals surface area contributed by atoms with Crippen LogP contribution in [0.5, 0.6) is 0 Å². The Morgan fingerprint density at radius 2 is 1.36 bits per heavy atom. The minimum absolute atomic E-state index is 0.361. The molecule has 3 rings (SSSR count). The normalized spacial score (nSPS) is 10.9. The molecule has 0 aromatic heterocycles. The highest BCUT2D eigenvalue weighted by molar-refractivity contribution is 7.92. The van der Waals surface area contributed by atoms with Gasteiger partial charge in [-0.3, -0.25) is 9.62 Å². The van der Waals surface area contributed by atoms with E-state index >= 15 is 0 Å². The number of nitrogens with zero attached hydrogens (tertiary/aromatic N) is 1. The average Bonchev–Trinajstić information content (AvgIpc) is 2.65. The van der Waals surface area contributed by atoms with Crippen LogP contribution in [0.15, 0.2) is 78.9 Å². The van der Waals surface area contributed by atoms with Crippen LogP contribution in [0.25, 0.3) is 0 Å². The molecule has 0 bridgehead atoms. The summed E-state index contributed by atoms with van der Waals surface area (Å²) in [5.41, 5.74) is 8.66. The van der Waals surface area contributed by atoms with E-state index in [1.165, 1.54) is 4.90 Å². The summed E-state index contributed by atoms with van der Waals surface area (Å²) < 4.78 is 25.0. The summed E-state index contributed by atoms with van der Waals surface area (Å²) in [5, 5.41) is 2.82. The number of para-hydroxylation sites is 1. The molecular weight excluding hydrogens is 376 g/mol. The lowest BCUT2D eigenvalue weighted by atomic mass is 10.2. The highest BCUT2D eigenvalue weighted by atomic mass is 32.2. The molecule has 0 aliphatic heterocycles. The number of nitrogens with one attached hydrogen (secondary N) is 2. The maximum Gasteiger partial charge on any atom is 0.330 e. The number of amides is 2. The number of urea groups is 1. The van der Waals surface area contributed by atoms with E-state index in [-0.39, 0.29) is 6.03 Å². The standard InChI is InChI=1S/C20H20N4O3S/c1-28(26,27)23-17-11-9-16(10-12-17)22-20(25)24(18-5-3-2-4-6-18)19-13-7-15(21)8-14-19/h2-14,23H,21H2,1H3,(H,22,25). The Morgan fingerprint density at radius 1 is 0.821 bits per heavy atom. The van der Waals surface area contributed by atoms with Crippen LogP contribution >= 0.6 is 0 Å². The van der Waals surface area contributed by atoms with Gasteiger partial charge in [-0.1, -0.05) is 18.2 Å². The highest BCUT2D eigenvalue weighted by Crippen LogP contribution is 2.27. The number of nitrogen functional groups attached to an aromatic ring is 1. The van der Waals surface area contributed by atoms with Crippen molar-refractivity contribution in [1.29, 1.82) is 0 Å². The molecule has 144 valence electrons. The average molecular weight is 396 g/mol. The molecular formula is C20H20N4O3S. The summed E-state index contributed by atoms with van der Waals surface area (Å²) in [7, 11) is -3.36. The molecule has 0 fully saturated rings. The minimum Gasteiger partial charge on any atom is -0.399 e. The van der Waals surface area contributed by atoms with Crippen molar-refractivity contribution in [2.45, 2.75) is 0 Å². The summed E-state index contributed by atoms with van der Waals surface area (Å²) >= 11 is 0. The molecule has 3 aromatic rings. The van der Waals surface area contributed by atoms with E-state index in [0.29, 0.717) is 28.4 Å². The largest absolute Gasteiger partial charge is 0.399 e. The number of carbonyl (C=O) groups is 1. The quantitative estimate of drug-likeness (QED) is 0.567. The SMILES string of the molecule is CS(=O)(=O)Nc1ccc(NC(=O)N(c2ccccc2)c2ccc(N)cc2)cc1.